The molecule has 0 unspecified atom stereocenters. The lowest BCUT2D eigenvalue weighted by atomic mass is 10.3. The molecule has 0 saturated heterocycles. The highest BCUT2D eigenvalue weighted by molar-refractivity contribution is 6.02. The third-order valence-electron chi connectivity index (χ3n) is 2.85. The minimum atomic E-state index is -0.584. The van der Waals surface area contributed by atoms with E-state index >= 15 is 0 Å². The summed E-state index contributed by atoms with van der Waals surface area (Å²) >= 11 is 0. The molecule has 0 atom stereocenters. The second kappa shape index (κ2) is 5.57. The van der Waals surface area contributed by atoms with Gasteiger partial charge >= 0.3 is 5.69 Å². The normalized spacial score (nSPS) is 10.2. The molecule has 1 amide bonds. The van der Waals surface area contributed by atoms with Crippen molar-refractivity contribution in [2.24, 2.45) is 14.1 Å². The zero-order chi connectivity index (χ0) is 15.6. The van der Waals surface area contributed by atoms with Gasteiger partial charge in [-0.05, 0) is 0 Å². The largest absolute Gasteiger partial charge is 0.481 e. The van der Waals surface area contributed by atoms with Crippen LogP contribution in [0.1, 0.15) is 10.5 Å². The molecule has 0 radical (unpaired) electrons. The SMILES string of the molecule is COc1cc(C(=O)Nc2cc(=O)n(C)c(=O)n2C)ncn1. The first-order valence-corrected chi connectivity index (χ1v) is 5.88. The summed E-state index contributed by atoms with van der Waals surface area (Å²) < 4.78 is 6.98. The van der Waals surface area contributed by atoms with Crippen LogP contribution in [0.3, 0.4) is 0 Å². The topological polar surface area (TPSA) is 108 Å². The number of anilines is 1. The van der Waals surface area contributed by atoms with E-state index < -0.39 is 17.2 Å². The zero-order valence-corrected chi connectivity index (χ0v) is 11.7. The Morgan fingerprint density at radius 3 is 2.57 bits per heavy atom. The Morgan fingerprint density at radius 1 is 1.19 bits per heavy atom. The van der Waals surface area contributed by atoms with Crippen LogP contribution in [0, 0.1) is 0 Å². The van der Waals surface area contributed by atoms with Gasteiger partial charge in [0.05, 0.1) is 7.11 Å². The number of rotatable bonds is 3. The minimum Gasteiger partial charge on any atom is -0.481 e. The Labute approximate surface area is 118 Å². The second-order valence-corrected chi connectivity index (χ2v) is 4.17. The molecular formula is C12H13N5O4. The van der Waals surface area contributed by atoms with Crippen LogP contribution in [0.15, 0.2) is 28.0 Å². The van der Waals surface area contributed by atoms with Gasteiger partial charge in [0.1, 0.15) is 17.8 Å². The first-order valence-electron chi connectivity index (χ1n) is 5.88. The van der Waals surface area contributed by atoms with Crippen molar-refractivity contribution < 1.29 is 9.53 Å². The summed E-state index contributed by atoms with van der Waals surface area (Å²) in [7, 11) is 4.21. The second-order valence-electron chi connectivity index (χ2n) is 4.17. The first kappa shape index (κ1) is 14.4. The van der Waals surface area contributed by atoms with Crippen LogP contribution in [0.5, 0.6) is 5.88 Å². The average molecular weight is 291 g/mol. The maximum Gasteiger partial charge on any atom is 0.332 e. The average Bonchev–Trinajstić information content (AvgIpc) is 2.50. The van der Waals surface area contributed by atoms with Crippen LogP contribution >= 0.6 is 0 Å². The Kier molecular flexibility index (Phi) is 3.83. The number of hydrogen-bond donors (Lipinski definition) is 1. The molecule has 110 valence electrons. The lowest BCUT2D eigenvalue weighted by Gasteiger charge is -2.10. The van der Waals surface area contributed by atoms with Crippen LogP contribution in [-0.4, -0.2) is 32.1 Å². The van der Waals surface area contributed by atoms with E-state index in [0.717, 1.165) is 15.2 Å². The van der Waals surface area contributed by atoms with Gasteiger partial charge in [0, 0.05) is 26.2 Å². The minimum absolute atomic E-state index is 0.0509. The Bertz CT molecular complexity index is 808. The summed E-state index contributed by atoms with van der Waals surface area (Å²) in [6.45, 7) is 0. The fourth-order valence-electron chi connectivity index (χ4n) is 1.61. The van der Waals surface area contributed by atoms with Crippen LogP contribution in [0.25, 0.3) is 0 Å². The van der Waals surface area contributed by atoms with Crippen LogP contribution < -0.4 is 21.3 Å². The Hall–Kier alpha value is -2.97. The number of methoxy groups -OCH3 is 1. The molecular weight excluding hydrogens is 278 g/mol. The maximum absolute atomic E-state index is 12.1. The van der Waals surface area contributed by atoms with Gasteiger partial charge in [-0.25, -0.2) is 14.8 Å². The van der Waals surface area contributed by atoms with Gasteiger partial charge in [0.25, 0.3) is 11.5 Å². The first-order chi connectivity index (χ1) is 9.93. The summed E-state index contributed by atoms with van der Waals surface area (Å²) in [6.07, 6.45) is 1.18. The summed E-state index contributed by atoms with van der Waals surface area (Å²) in [4.78, 5) is 43.0. The molecule has 9 heteroatoms. The highest BCUT2D eigenvalue weighted by atomic mass is 16.5. The van der Waals surface area contributed by atoms with Gasteiger partial charge in [-0.3, -0.25) is 18.7 Å². The van der Waals surface area contributed by atoms with E-state index in [4.69, 9.17) is 4.74 Å². The van der Waals surface area contributed by atoms with Crippen molar-refractivity contribution in [3.05, 3.63) is 45.0 Å². The number of amides is 1. The van der Waals surface area contributed by atoms with Gasteiger partial charge in [0.2, 0.25) is 5.88 Å². The molecule has 0 saturated carbocycles. The molecule has 0 bridgehead atoms. The molecule has 9 nitrogen and oxygen atoms in total. The molecule has 0 aromatic carbocycles. The van der Waals surface area contributed by atoms with E-state index in [-0.39, 0.29) is 17.4 Å². The number of ether oxygens (including phenoxy) is 1. The number of carbonyl (C=O) groups is 1. The van der Waals surface area contributed by atoms with E-state index in [1.54, 1.807) is 0 Å². The van der Waals surface area contributed by atoms with E-state index in [9.17, 15) is 14.4 Å². The fraction of sp³-hybridized carbons (Fsp3) is 0.250. The van der Waals surface area contributed by atoms with E-state index in [2.05, 4.69) is 15.3 Å². The highest BCUT2D eigenvalue weighted by Gasteiger charge is 2.13. The number of carbonyl (C=O) groups excluding carboxylic acids is 1. The summed E-state index contributed by atoms with van der Waals surface area (Å²) in [5.74, 6) is -0.280. The van der Waals surface area contributed by atoms with Gasteiger partial charge in [-0.1, -0.05) is 0 Å². The molecule has 0 fully saturated rings. The van der Waals surface area contributed by atoms with Crippen LogP contribution in [0.4, 0.5) is 5.82 Å². The quantitative estimate of drug-likeness (QED) is 0.788. The number of nitrogens with zero attached hydrogens (tertiary/aromatic N) is 4. The predicted molar refractivity (Wildman–Crippen MR) is 73.5 cm³/mol. The predicted octanol–water partition coefficient (Wildman–Crippen LogP) is -0.865. The van der Waals surface area contributed by atoms with Gasteiger partial charge in [-0.15, -0.1) is 0 Å². The van der Waals surface area contributed by atoms with Crippen LogP contribution in [0.2, 0.25) is 0 Å². The lowest BCUT2D eigenvalue weighted by Crippen LogP contribution is -2.38. The van der Waals surface area contributed by atoms with Crippen LogP contribution in [-0.2, 0) is 14.1 Å². The highest BCUT2D eigenvalue weighted by Crippen LogP contribution is 2.08. The smallest absolute Gasteiger partial charge is 0.332 e. The van der Waals surface area contributed by atoms with Crippen molar-refractivity contribution in [1.82, 2.24) is 19.1 Å². The van der Waals surface area contributed by atoms with Crippen molar-refractivity contribution in [2.75, 3.05) is 12.4 Å². The van der Waals surface area contributed by atoms with Gasteiger partial charge in [-0.2, -0.15) is 0 Å². The van der Waals surface area contributed by atoms with Crippen molar-refractivity contribution in [3.8, 4) is 5.88 Å². The van der Waals surface area contributed by atoms with E-state index in [1.807, 2.05) is 0 Å². The lowest BCUT2D eigenvalue weighted by molar-refractivity contribution is 0.102. The standard InChI is InChI=1S/C12H13N5O4/c1-16-8(5-10(18)17(2)12(16)20)15-11(19)7-4-9(21-3)14-6-13-7/h4-6H,1-3H3,(H,15,19). The molecule has 0 aliphatic carbocycles. The Balaban J connectivity index is 2.36. The van der Waals surface area contributed by atoms with Crippen molar-refractivity contribution in [3.63, 3.8) is 0 Å². The van der Waals surface area contributed by atoms with Crippen molar-refractivity contribution in [1.29, 1.82) is 0 Å². The summed E-state index contributed by atoms with van der Waals surface area (Å²) in [5, 5.41) is 2.45. The maximum atomic E-state index is 12.1. The Morgan fingerprint density at radius 2 is 1.90 bits per heavy atom. The molecule has 2 aromatic rings. The molecule has 21 heavy (non-hydrogen) atoms. The third kappa shape index (κ3) is 2.81. The summed E-state index contributed by atoms with van der Waals surface area (Å²) in [6, 6.07) is 2.49. The van der Waals surface area contributed by atoms with E-state index in [0.29, 0.717) is 0 Å². The molecule has 2 aromatic heterocycles. The fourth-order valence-corrected chi connectivity index (χ4v) is 1.61. The number of hydrogen-bond acceptors (Lipinski definition) is 6. The molecule has 2 heterocycles. The summed E-state index contributed by atoms with van der Waals surface area (Å²) in [5.41, 5.74) is -1.01. The van der Waals surface area contributed by atoms with Gasteiger partial charge < -0.3 is 10.1 Å². The third-order valence-corrected chi connectivity index (χ3v) is 2.85. The van der Waals surface area contributed by atoms with Crippen molar-refractivity contribution in [2.45, 2.75) is 0 Å². The van der Waals surface area contributed by atoms with Crippen molar-refractivity contribution >= 4 is 11.7 Å². The zero-order valence-electron chi connectivity index (χ0n) is 11.7. The number of aromatic nitrogens is 4. The monoisotopic (exact) mass is 291 g/mol. The molecule has 2 rings (SSSR count). The molecule has 0 aliphatic heterocycles. The molecule has 0 aliphatic rings. The van der Waals surface area contributed by atoms with E-state index in [1.165, 1.54) is 33.6 Å². The number of nitrogens with one attached hydrogen (secondary N) is 1. The van der Waals surface area contributed by atoms with Gasteiger partial charge in [0.15, 0.2) is 0 Å². The molecule has 0 spiro atoms. The molecule has 1 N–H and O–H groups in total.